The van der Waals surface area contributed by atoms with Crippen LogP contribution in [0.3, 0.4) is 0 Å². The first kappa shape index (κ1) is 32.0. The van der Waals surface area contributed by atoms with Gasteiger partial charge in [-0.3, -0.25) is 0 Å². The Morgan fingerprint density at radius 3 is 1.68 bits per heavy atom. The van der Waals surface area contributed by atoms with Gasteiger partial charge >= 0.3 is 0 Å². The van der Waals surface area contributed by atoms with Gasteiger partial charge in [0, 0.05) is 40.2 Å². The van der Waals surface area contributed by atoms with Crippen molar-refractivity contribution >= 4 is 38.3 Å². The molecular formula is C42H30N4O3S. The number of nitrogens with zero attached hydrogens (tertiary/aromatic N) is 2. The van der Waals surface area contributed by atoms with Crippen LogP contribution in [0, 0.1) is 22.7 Å². The molecule has 0 aromatic heterocycles. The number of rotatable bonds is 9. The third-order valence-electron chi connectivity index (χ3n) is 8.68. The molecule has 1 aliphatic heterocycles. The zero-order valence-electron chi connectivity index (χ0n) is 26.7. The van der Waals surface area contributed by atoms with Crippen LogP contribution in [0.5, 0.6) is 0 Å². The van der Waals surface area contributed by atoms with Crippen LogP contribution in [0.4, 0.5) is 22.7 Å². The summed E-state index contributed by atoms with van der Waals surface area (Å²) in [6, 6.07) is 52.0. The van der Waals surface area contributed by atoms with Crippen molar-refractivity contribution in [2.24, 2.45) is 0 Å². The van der Waals surface area contributed by atoms with Gasteiger partial charge in [-0.2, -0.15) is 10.5 Å². The number of ether oxygens (including phenoxy) is 1. The van der Waals surface area contributed by atoms with Crippen molar-refractivity contribution in [3.8, 4) is 12.1 Å². The number of hydrogen-bond acceptors (Lipinski definition) is 7. The smallest absolute Gasteiger partial charge is 0.206 e. The topological polar surface area (TPSA) is 115 Å². The van der Waals surface area contributed by atoms with Gasteiger partial charge in [0.2, 0.25) is 9.84 Å². The first-order chi connectivity index (χ1) is 24.4. The van der Waals surface area contributed by atoms with Gasteiger partial charge in [0.1, 0.15) is 11.8 Å². The van der Waals surface area contributed by atoms with E-state index in [0.717, 1.165) is 22.5 Å². The molecule has 7 nitrogen and oxygen atoms in total. The fourth-order valence-corrected chi connectivity index (χ4v) is 7.69. The summed E-state index contributed by atoms with van der Waals surface area (Å²) in [5.41, 5.74) is 5.14. The van der Waals surface area contributed by atoms with Crippen molar-refractivity contribution in [2.75, 3.05) is 10.6 Å². The van der Waals surface area contributed by atoms with Crippen molar-refractivity contribution in [3.05, 3.63) is 190 Å². The molecule has 2 N–H and O–H groups in total. The highest BCUT2D eigenvalue weighted by Crippen LogP contribution is 2.52. The largest absolute Gasteiger partial charge is 0.476 e. The van der Waals surface area contributed by atoms with E-state index in [1.165, 1.54) is 0 Å². The molecule has 0 atom stereocenters. The van der Waals surface area contributed by atoms with E-state index in [-0.39, 0.29) is 22.0 Å². The maximum absolute atomic E-state index is 14.7. The Labute approximate surface area is 291 Å². The normalized spacial score (nSPS) is 13.5. The minimum absolute atomic E-state index is 0.0828. The summed E-state index contributed by atoms with van der Waals surface area (Å²) in [6.45, 7) is 0. The molecule has 1 aliphatic rings. The zero-order chi connectivity index (χ0) is 34.6. The van der Waals surface area contributed by atoms with E-state index in [0.29, 0.717) is 28.1 Å². The van der Waals surface area contributed by atoms with Crippen molar-refractivity contribution in [2.45, 2.75) is 16.9 Å². The Morgan fingerprint density at radius 2 is 1.10 bits per heavy atom. The molecular weight excluding hydrogens is 641 g/mol. The molecule has 6 aromatic rings. The molecule has 0 aliphatic carbocycles. The fourth-order valence-electron chi connectivity index (χ4n) is 6.12. The van der Waals surface area contributed by atoms with E-state index in [1.807, 2.05) is 103 Å². The predicted octanol–water partition coefficient (Wildman–Crippen LogP) is 9.42. The number of benzene rings is 6. The Balaban J connectivity index is 1.29. The van der Waals surface area contributed by atoms with Crippen LogP contribution >= 0.6 is 0 Å². The summed E-state index contributed by atoms with van der Waals surface area (Å²) in [7, 11) is -4.06. The quantitative estimate of drug-likeness (QED) is 0.157. The van der Waals surface area contributed by atoms with Crippen molar-refractivity contribution in [1.29, 1.82) is 10.5 Å². The molecule has 0 spiro atoms. The standard InChI is InChI=1S/C42H30N4O3S/c43-28-30-15-19-35(20-16-30)45-36-21-17-31(18-22-36)41-40(27-42(49-41,33-10-3-1-4-11-33)34-12-5-2-6-13-34)50(47,48)38-25-23-37(24-26-38)46-39-14-8-7-9-32(39)29-44/h1-26,45-46H,27H2. The van der Waals surface area contributed by atoms with Crippen LogP contribution in [-0.2, 0) is 20.2 Å². The van der Waals surface area contributed by atoms with E-state index in [1.54, 1.807) is 54.6 Å². The first-order valence-corrected chi connectivity index (χ1v) is 17.4. The maximum Gasteiger partial charge on any atom is 0.206 e. The molecule has 242 valence electrons. The summed E-state index contributed by atoms with van der Waals surface area (Å²) in [5.74, 6) is 0.285. The molecule has 0 amide bonds. The Morgan fingerprint density at radius 1 is 0.580 bits per heavy atom. The molecule has 50 heavy (non-hydrogen) atoms. The second-order valence-corrected chi connectivity index (χ2v) is 13.8. The molecule has 0 bridgehead atoms. The third-order valence-corrected chi connectivity index (χ3v) is 10.6. The summed E-state index contributed by atoms with van der Waals surface area (Å²) >= 11 is 0. The van der Waals surface area contributed by atoms with Gasteiger partial charge in [0.05, 0.1) is 32.7 Å². The zero-order valence-corrected chi connectivity index (χ0v) is 27.6. The highest BCUT2D eigenvalue weighted by Gasteiger charge is 2.48. The van der Waals surface area contributed by atoms with Gasteiger partial charge < -0.3 is 15.4 Å². The van der Waals surface area contributed by atoms with Gasteiger partial charge in [-0.25, -0.2) is 8.42 Å². The van der Waals surface area contributed by atoms with Crippen LogP contribution < -0.4 is 10.6 Å². The lowest BCUT2D eigenvalue weighted by Crippen LogP contribution is -2.27. The molecule has 0 radical (unpaired) electrons. The summed E-state index contributed by atoms with van der Waals surface area (Å²) < 4.78 is 36.3. The monoisotopic (exact) mass is 670 g/mol. The Hall–Kier alpha value is -6.61. The molecule has 0 fully saturated rings. The lowest BCUT2D eigenvalue weighted by Gasteiger charge is -2.31. The van der Waals surface area contributed by atoms with Crippen molar-refractivity contribution in [3.63, 3.8) is 0 Å². The van der Waals surface area contributed by atoms with E-state index in [2.05, 4.69) is 22.8 Å². The Bertz CT molecular complexity index is 2340. The molecule has 1 heterocycles. The van der Waals surface area contributed by atoms with Gasteiger partial charge in [-0.1, -0.05) is 72.8 Å². The molecule has 0 saturated heterocycles. The summed E-state index contributed by atoms with van der Waals surface area (Å²) in [6.07, 6.45) is 0.0828. The van der Waals surface area contributed by atoms with Crippen LogP contribution in [0.2, 0.25) is 0 Å². The SMILES string of the molecule is N#Cc1ccc(Nc2ccc(C3=C(S(=O)(=O)c4ccc(Nc5ccccc5C#N)cc4)CC(c4ccccc4)(c4ccccc4)O3)cc2)cc1. The van der Waals surface area contributed by atoms with Crippen LogP contribution in [0.25, 0.3) is 5.76 Å². The average molecular weight is 671 g/mol. The van der Waals surface area contributed by atoms with E-state index in [9.17, 15) is 13.7 Å². The lowest BCUT2D eigenvalue weighted by molar-refractivity contribution is 0.101. The molecule has 0 unspecified atom stereocenters. The van der Waals surface area contributed by atoms with Crippen LogP contribution in [0.1, 0.15) is 34.2 Å². The minimum Gasteiger partial charge on any atom is -0.476 e. The Kier molecular flexibility index (Phi) is 8.62. The second-order valence-electron chi connectivity index (χ2n) is 11.8. The third kappa shape index (κ3) is 6.20. The maximum atomic E-state index is 14.7. The summed E-state index contributed by atoms with van der Waals surface area (Å²) in [5, 5.41) is 25.2. The van der Waals surface area contributed by atoms with Gasteiger partial charge in [-0.05, 0) is 84.9 Å². The number of para-hydroxylation sites is 1. The fraction of sp³-hybridized carbons (Fsp3) is 0.0476. The van der Waals surface area contributed by atoms with E-state index < -0.39 is 15.4 Å². The number of nitriles is 2. The van der Waals surface area contributed by atoms with Gasteiger partial charge in [-0.15, -0.1) is 0 Å². The lowest BCUT2D eigenvalue weighted by atomic mass is 9.84. The van der Waals surface area contributed by atoms with E-state index >= 15 is 0 Å². The number of nitrogens with one attached hydrogen (secondary N) is 2. The predicted molar refractivity (Wildman–Crippen MR) is 195 cm³/mol. The minimum atomic E-state index is -4.06. The number of hydrogen-bond donors (Lipinski definition) is 2. The average Bonchev–Trinajstić information content (AvgIpc) is 3.60. The van der Waals surface area contributed by atoms with Crippen molar-refractivity contribution in [1.82, 2.24) is 0 Å². The summed E-state index contributed by atoms with van der Waals surface area (Å²) in [4.78, 5) is 0.303. The molecule has 8 heteroatoms. The molecule has 6 aromatic carbocycles. The van der Waals surface area contributed by atoms with Gasteiger partial charge in [0.15, 0.2) is 5.60 Å². The van der Waals surface area contributed by atoms with Crippen molar-refractivity contribution < 1.29 is 13.2 Å². The highest BCUT2D eigenvalue weighted by atomic mass is 32.2. The van der Waals surface area contributed by atoms with Crippen LogP contribution in [0.15, 0.2) is 168 Å². The van der Waals surface area contributed by atoms with Crippen LogP contribution in [-0.4, -0.2) is 8.42 Å². The van der Waals surface area contributed by atoms with E-state index in [4.69, 9.17) is 10.00 Å². The molecule has 0 saturated carbocycles. The van der Waals surface area contributed by atoms with Gasteiger partial charge in [0.25, 0.3) is 0 Å². The molecule has 7 rings (SSSR count). The highest BCUT2D eigenvalue weighted by molar-refractivity contribution is 7.95. The number of anilines is 4. The second kappa shape index (κ2) is 13.5. The first-order valence-electron chi connectivity index (χ1n) is 15.9. The number of sulfone groups is 1.